The van der Waals surface area contributed by atoms with Crippen LogP contribution in [0.2, 0.25) is 0 Å². The molecule has 0 saturated carbocycles. The summed E-state index contributed by atoms with van der Waals surface area (Å²) in [6.07, 6.45) is 0. The summed E-state index contributed by atoms with van der Waals surface area (Å²) in [5.74, 6) is 1.78. The number of benzene rings is 10. The highest BCUT2D eigenvalue weighted by Crippen LogP contribution is 2.45. The minimum atomic E-state index is 0.579. The molecule has 0 spiro atoms. The van der Waals surface area contributed by atoms with Crippen molar-refractivity contribution in [2.45, 2.75) is 0 Å². The molecule has 4 heterocycles. The molecule has 10 aromatic carbocycles. The van der Waals surface area contributed by atoms with Gasteiger partial charge in [0.1, 0.15) is 0 Å². The zero-order valence-electron chi connectivity index (χ0n) is 37.2. The van der Waals surface area contributed by atoms with Crippen molar-refractivity contribution < 1.29 is 4.42 Å². The number of fused-ring (bicyclic) bond motifs is 11. The Morgan fingerprint density at radius 3 is 1.35 bits per heavy atom. The van der Waals surface area contributed by atoms with Crippen LogP contribution in [0.3, 0.4) is 0 Å². The lowest BCUT2D eigenvalue weighted by molar-refractivity contribution is 0.673. The van der Waals surface area contributed by atoms with Crippen LogP contribution in [0.15, 0.2) is 241 Å². The van der Waals surface area contributed by atoms with E-state index in [1.54, 1.807) is 0 Å². The van der Waals surface area contributed by atoms with Crippen molar-refractivity contribution in [3.05, 3.63) is 237 Å². The Bertz CT molecular complexity index is 4300. The highest BCUT2D eigenvalue weighted by atomic mass is 16.3. The number of rotatable bonds is 7. The monoisotopic (exact) mass is 881 g/mol. The molecule has 322 valence electrons. The minimum Gasteiger partial charge on any atom is -0.452 e. The van der Waals surface area contributed by atoms with Gasteiger partial charge in [-0.25, -0.2) is 15.0 Å². The molecule has 14 aromatic rings. The Morgan fingerprint density at radius 1 is 0.275 bits per heavy atom. The van der Waals surface area contributed by atoms with E-state index in [1.807, 2.05) is 12.1 Å². The lowest BCUT2D eigenvalue weighted by Gasteiger charge is -2.13. The molecule has 0 aliphatic carbocycles. The number of furan rings is 1. The van der Waals surface area contributed by atoms with Crippen LogP contribution >= 0.6 is 0 Å². The maximum atomic E-state index is 7.32. The van der Waals surface area contributed by atoms with Crippen molar-refractivity contribution >= 4 is 65.6 Å². The summed E-state index contributed by atoms with van der Waals surface area (Å²) in [7, 11) is 0. The van der Waals surface area contributed by atoms with Gasteiger partial charge >= 0.3 is 0 Å². The summed E-state index contributed by atoms with van der Waals surface area (Å²) in [6, 6.07) is 83.0. The summed E-state index contributed by atoms with van der Waals surface area (Å²) >= 11 is 0. The van der Waals surface area contributed by atoms with Crippen LogP contribution in [-0.4, -0.2) is 24.1 Å². The van der Waals surface area contributed by atoms with Crippen LogP contribution in [0.1, 0.15) is 0 Å². The van der Waals surface area contributed by atoms with Crippen LogP contribution in [-0.2, 0) is 0 Å². The molecule has 6 nitrogen and oxygen atoms in total. The van der Waals surface area contributed by atoms with Crippen molar-refractivity contribution in [1.29, 1.82) is 0 Å². The molecule has 4 aromatic heterocycles. The quantitative estimate of drug-likeness (QED) is 0.160. The van der Waals surface area contributed by atoms with E-state index in [9.17, 15) is 0 Å². The fraction of sp³-hybridized carbons (Fsp3) is 0. The third-order valence-electron chi connectivity index (χ3n) is 13.6. The minimum absolute atomic E-state index is 0.579. The Balaban J connectivity index is 0.999. The zero-order chi connectivity index (χ0) is 45.4. The van der Waals surface area contributed by atoms with E-state index in [0.717, 1.165) is 110 Å². The molecule has 0 aliphatic rings. The summed E-state index contributed by atoms with van der Waals surface area (Å²) in [5.41, 5.74) is 15.1. The van der Waals surface area contributed by atoms with Gasteiger partial charge in [-0.15, -0.1) is 0 Å². The Morgan fingerprint density at radius 2 is 0.710 bits per heavy atom. The van der Waals surface area contributed by atoms with E-state index in [-0.39, 0.29) is 0 Å². The van der Waals surface area contributed by atoms with Gasteiger partial charge in [-0.1, -0.05) is 182 Å². The molecule has 0 amide bonds. The SMILES string of the molecule is c1ccc(-c2cccc(-c3nc(-c4cccc(-n5c6ccccc6c6ccc7c8ccc9c%10ccccc%10n(-c%10ccccc%10)c9c8oc7c65)c4)nc(-c4ccccc4-c4ccccc4)n3)c2)cc1. The van der Waals surface area contributed by atoms with E-state index >= 15 is 0 Å². The van der Waals surface area contributed by atoms with Gasteiger partial charge in [0.05, 0.1) is 22.1 Å². The Kier molecular flexibility index (Phi) is 8.79. The predicted octanol–water partition coefficient (Wildman–Crippen LogP) is 16.3. The van der Waals surface area contributed by atoms with Crippen LogP contribution in [0.25, 0.3) is 133 Å². The first-order valence-corrected chi connectivity index (χ1v) is 23.3. The largest absolute Gasteiger partial charge is 0.452 e. The first-order chi connectivity index (χ1) is 34.2. The highest BCUT2D eigenvalue weighted by Gasteiger charge is 2.24. The van der Waals surface area contributed by atoms with Gasteiger partial charge < -0.3 is 13.6 Å². The smallest absolute Gasteiger partial charge is 0.164 e. The number of hydrogen-bond donors (Lipinski definition) is 0. The van der Waals surface area contributed by atoms with Crippen molar-refractivity contribution in [3.63, 3.8) is 0 Å². The van der Waals surface area contributed by atoms with Gasteiger partial charge in [0, 0.05) is 60.4 Å². The van der Waals surface area contributed by atoms with E-state index in [4.69, 9.17) is 19.4 Å². The fourth-order valence-electron chi connectivity index (χ4n) is 10.5. The lowest BCUT2D eigenvalue weighted by atomic mass is 9.99. The molecule has 0 saturated heterocycles. The molecular formula is C63H39N5O. The average Bonchev–Trinajstić information content (AvgIpc) is 4.10. The van der Waals surface area contributed by atoms with Crippen LogP contribution in [0.4, 0.5) is 0 Å². The maximum absolute atomic E-state index is 7.32. The summed E-state index contributed by atoms with van der Waals surface area (Å²) < 4.78 is 12.0. The van der Waals surface area contributed by atoms with Gasteiger partial charge in [0.15, 0.2) is 28.6 Å². The predicted molar refractivity (Wildman–Crippen MR) is 283 cm³/mol. The van der Waals surface area contributed by atoms with E-state index in [1.165, 1.54) is 5.39 Å². The van der Waals surface area contributed by atoms with Crippen molar-refractivity contribution in [3.8, 4) is 67.8 Å². The number of nitrogens with zero attached hydrogens (tertiary/aromatic N) is 5. The maximum Gasteiger partial charge on any atom is 0.164 e. The average molecular weight is 882 g/mol. The van der Waals surface area contributed by atoms with E-state index in [0.29, 0.717) is 17.5 Å². The molecule has 0 N–H and O–H groups in total. The molecule has 0 bridgehead atoms. The third kappa shape index (κ3) is 6.23. The molecule has 69 heavy (non-hydrogen) atoms. The van der Waals surface area contributed by atoms with Crippen molar-refractivity contribution in [2.75, 3.05) is 0 Å². The van der Waals surface area contributed by atoms with Crippen LogP contribution < -0.4 is 0 Å². The molecule has 0 fully saturated rings. The topological polar surface area (TPSA) is 61.7 Å². The van der Waals surface area contributed by atoms with Crippen molar-refractivity contribution in [1.82, 2.24) is 24.1 Å². The molecule has 14 rings (SSSR count). The van der Waals surface area contributed by atoms with Crippen LogP contribution in [0.5, 0.6) is 0 Å². The molecule has 0 unspecified atom stereocenters. The second-order valence-electron chi connectivity index (χ2n) is 17.5. The highest BCUT2D eigenvalue weighted by molar-refractivity contribution is 6.26. The standard InChI is InChI=1S/C63H39N5O/c1-4-18-40(19-5-1)42-22-16-23-43(38-42)61-64-62(66-63(65-61)54-31-11-10-28-47(54)41-20-6-2-7-21-41)44-24-17-27-46(39-44)68-56-33-15-13-30-49(56)51-35-37-53-52-36-34-50-48-29-12-14-32-55(48)67(45-25-8-3-9-26-45)57(50)59(52)69-60(53)58(51)68/h1-39H. The van der Waals surface area contributed by atoms with Gasteiger partial charge in [0.2, 0.25) is 0 Å². The number of hydrogen-bond acceptors (Lipinski definition) is 4. The first kappa shape index (κ1) is 38.8. The molecule has 6 heteroatoms. The van der Waals surface area contributed by atoms with Crippen molar-refractivity contribution in [2.24, 2.45) is 0 Å². The number of aromatic nitrogens is 5. The molecule has 0 radical (unpaired) electrons. The second-order valence-corrected chi connectivity index (χ2v) is 17.5. The fourth-order valence-corrected chi connectivity index (χ4v) is 10.5. The second kappa shape index (κ2) is 15.6. The molecule has 0 aliphatic heterocycles. The van der Waals surface area contributed by atoms with Gasteiger partial charge in [-0.2, -0.15) is 0 Å². The summed E-state index contributed by atoms with van der Waals surface area (Å²) in [6.45, 7) is 0. The van der Waals surface area contributed by atoms with Crippen LogP contribution in [0, 0.1) is 0 Å². The van der Waals surface area contributed by atoms with Gasteiger partial charge in [0.25, 0.3) is 0 Å². The summed E-state index contributed by atoms with van der Waals surface area (Å²) in [4.78, 5) is 15.9. The Labute approximate surface area is 396 Å². The third-order valence-corrected chi connectivity index (χ3v) is 13.6. The molecular weight excluding hydrogens is 843 g/mol. The summed E-state index contributed by atoms with van der Waals surface area (Å²) in [5, 5.41) is 6.73. The van der Waals surface area contributed by atoms with E-state index in [2.05, 4.69) is 234 Å². The Hall–Kier alpha value is -9.39. The number of para-hydroxylation sites is 3. The zero-order valence-corrected chi connectivity index (χ0v) is 37.2. The first-order valence-electron chi connectivity index (χ1n) is 23.3. The van der Waals surface area contributed by atoms with Gasteiger partial charge in [-0.05, 0) is 76.9 Å². The lowest BCUT2D eigenvalue weighted by Crippen LogP contribution is -2.02. The molecule has 0 atom stereocenters. The van der Waals surface area contributed by atoms with Gasteiger partial charge in [-0.3, -0.25) is 0 Å². The van der Waals surface area contributed by atoms with E-state index < -0.39 is 0 Å². The normalized spacial score (nSPS) is 11.8.